The van der Waals surface area contributed by atoms with Crippen LogP contribution in [0.15, 0.2) is 0 Å². The van der Waals surface area contributed by atoms with Crippen LogP contribution in [-0.4, -0.2) is 34.0 Å². The molecule has 14 heavy (non-hydrogen) atoms. The van der Waals surface area contributed by atoms with Gasteiger partial charge in [-0.2, -0.15) is 0 Å². The number of imide groups is 1. The van der Waals surface area contributed by atoms with Crippen LogP contribution in [-0.2, 0) is 9.59 Å². The Labute approximate surface area is 83.9 Å². The van der Waals surface area contributed by atoms with Gasteiger partial charge in [0.1, 0.15) is 0 Å². The first-order valence-electron chi connectivity index (χ1n) is 4.88. The molecule has 4 nitrogen and oxygen atoms in total. The average molecular weight is 199 g/mol. The van der Waals surface area contributed by atoms with Crippen molar-refractivity contribution in [3.63, 3.8) is 0 Å². The molecule has 1 atom stereocenters. The van der Waals surface area contributed by atoms with E-state index in [0.29, 0.717) is 19.4 Å². The van der Waals surface area contributed by atoms with E-state index in [1.54, 1.807) is 20.8 Å². The van der Waals surface area contributed by atoms with Crippen LogP contribution >= 0.6 is 0 Å². The largest absolute Gasteiger partial charge is 0.390 e. The highest BCUT2D eigenvalue weighted by molar-refractivity contribution is 6.03. The van der Waals surface area contributed by atoms with E-state index in [-0.39, 0.29) is 17.7 Å². The van der Waals surface area contributed by atoms with Crippen LogP contribution in [0.25, 0.3) is 0 Å². The highest BCUT2D eigenvalue weighted by Gasteiger charge is 2.35. The number of carbonyl (C=O) groups is 2. The first-order valence-corrected chi connectivity index (χ1v) is 4.88. The van der Waals surface area contributed by atoms with Crippen molar-refractivity contribution in [2.45, 2.75) is 39.2 Å². The predicted octanol–water partition coefficient (Wildman–Crippen LogP) is 0.542. The van der Waals surface area contributed by atoms with E-state index in [0.717, 1.165) is 0 Å². The summed E-state index contributed by atoms with van der Waals surface area (Å²) in [6.07, 6.45) is 0.738. The summed E-state index contributed by atoms with van der Waals surface area (Å²) >= 11 is 0. The molecule has 0 saturated carbocycles. The molecule has 0 aromatic carbocycles. The zero-order valence-electron chi connectivity index (χ0n) is 8.91. The maximum atomic E-state index is 11.5. The summed E-state index contributed by atoms with van der Waals surface area (Å²) in [5.74, 6) is -0.421. The molecule has 80 valence electrons. The number of hydrogen-bond acceptors (Lipinski definition) is 3. The molecule has 1 aliphatic rings. The molecule has 0 bridgehead atoms. The number of carbonyl (C=O) groups excluding carboxylic acids is 2. The van der Waals surface area contributed by atoms with Crippen LogP contribution in [0.3, 0.4) is 0 Å². The van der Waals surface area contributed by atoms with E-state index in [4.69, 9.17) is 0 Å². The van der Waals surface area contributed by atoms with Gasteiger partial charge < -0.3 is 5.11 Å². The van der Waals surface area contributed by atoms with Crippen molar-refractivity contribution in [3.05, 3.63) is 0 Å². The second-order valence-corrected chi connectivity index (χ2v) is 4.55. The maximum absolute atomic E-state index is 11.5. The van der Waals surface area contributed by atoms with Gasteiger partial charge in [-0.05, 0) is 20.3 Å². The highest BCUT2D eigenvalue weighted by Crippen LogP contribution is 2.20. The Morgan fingerprint density at radius 1 is 1.50 bits per heavy atom. The van der Waals surface area contributed by atoms with Crippen LogP contribution in [0.4, 0.5) is 0 Å². The van der Waals surface area contributed by atoms with E-state index < -0.39 is 5.60 Å². The molecule has 1 saturated heterocycles. The lowest BCUT2D eigenvalue weighted by atomic mass is 10.1. The number of likely N-dealkylation sites (tertiary alicyclic amines) is 1. The quantitative estimate of drug-likeness (QED) is 0.675. The summed E-state index contributed by atoms with van der Waals surface area (Å²) in [7, 11) is 0. The number of nitrogens with zero attached hydrogens (tertiary/aromatic N) is 1. The van der Waals surface area contributed by atoms with Crippen molar-refractivity contribution in [1.82, 2.24) is 4.90 Å². The Hall–Kier alpha value is -0.900. The maximum Gasteiger partial charge on any atom is 0.232 e. The van der Waals surface area contributed by atoms with Crippen molar-refractivity contribution in [3.8, 4) is 0 Å². The second kappa shape index (κ2) is 3.69. The number of hydrogen-bond donors (Lipinski definition) is 1. The first kappa shape index (κ1) is 11.2. The topological polar surface area (TPSA) is 57.6 Å². The molecule has 1 aliphatic heterocycles. The summed E-state index contributed by atoms with van der Waals surface area (Å²) in [5.41, 5.74) is -0.827. The minimum Gasteiger partial charge on any atom is -0.390 e. The minimum atomic E-state index is -0.827. The lowest BCUT2D eigenvalue weighted by molar-refractivity contribution is -0.139. The molecule has 1 heterocycles. The fourth-order valence-electron chi connectivity index (χ4n) is 1.47. The first-order chi connectivity index (χ1) is 6.31. The van der Waals surface area contributed by atoms with Gasteiger partial charge >= 0.3 is 0 Å². The number of amides is 2. The van der Waals surface area contributed by atoms with Crippen molar-refractivity contribution in [2.24, 2.45) is 5.92 Å². The molecule has 1 rings (SSSR count). The van der Waals surface area contributed by atoms with E-state index in [1.165, 1.54) is 4.90 Å². The smallest absolute Gasteiger partial charge is 0.232 e. The molecule has 0 aliphatic carbocycles. The van der Waals surface area contributed by atoms with Gasteiger partial charge in [0.15, 0.2) is 0 Å². The third kappa shape index (κ3) is 2.54. The highest BCUT2D eigenvalue weighted by atomic mass is 16.3. The van der Waals surface area contributed by atoms with Crippen LogP contribution in [0.2, 0.25) is 0 Å². The molecule has 0 spiro atoms. The third-order valence-corrected chi connectivity index (χ3v) is 2.42. The van der Waals surface area contributed by atoms with Gasteiger partial charge in [0, 0.05) is 18.9 Å². The molecule has 0 aromatic rings. The summed E-state index contributed by atoms with van der Waals surface area (Å²) in [6.45, 7) is 5.42. The van der Waals surface area contributed by atoms with Gasteiger partial charge in [-0.3, -0.25) is 14.5 Å². The van der Waals surface area contributed by atoms with Gasteiger partial charge in [-0.1, -0.05) is 6.92 Å². The lowest BCUT2D eigenvalue weighted by Crippen LogP contribution is -2.35. The number of aliphatic hydroxyl groups is 1. The van der Waals surface area contributed by atoms with Crippen LogP contribution in [0, 0.1) is 5.92 Å². The normalized spacial score (nSPS) is 23.4. The second-order valence-electron chi connectivity index (χ2n) is 4.55. The Morgan fingerprint density at radius 3 is 2.43 bits per heavy atom. The summed E-state index contributed by atoms with van der Waals surface area (Å²) in [5, 5.41) is 9.47. The minimum absolute atomic E-state index is 0.112. The van der Waals surface area contributed by atoms with E-state index in [2.05, 4.69) is 0 Å². The molecule has 1 N–H and O–H groups in total. The molecular weight excluding hydrogens is 182 g/mol. The Balaban J connectivity index is 2.53. The van der Waals surface area contributed by atoms with Gasteiger partial charge in [-0.15, -0.1) is 0 Å². The molecule has 1 unspecified atom stereocenters. The zero-order valence-corrected chi connectivity index (χ0v) is 8.91. The van der Waals surface area contributed by atoms with Crippen LogP contribution in [0.1, 0.15) is 33.6 Å². The van der Waals surface area contributed by atoms with Crippen LogP contribution < -0.4 is 0 Å². The monoisotopic (exact) mass is 199 g/mol. The average Bonchev–Trinajstić information content (AvgIpc) is 2.23. The predicted molar refractivity (Wildman–Crippen MR) is 51.4 cm³/mol. The third-order valence-electron chi connectivity index (χ3n) is 2.42. The lowest BCUT2D eigenvalue weighted by Gasteiger charge is -2.21. The Bertz CT molecular complexity index is 255. The molecule has 4 heteroatoms. The van der Waals surface area contributed by atoms with Crippen molar-refractivity contribution in [1.29, 1.82) is 0 Å². The molecule has 0 aromatic heterocycles. The van der Waals surface area contributed by atoms with Gasteiger partial charge in [0.2, 0.25) is 11.8 Å². The number of rotatable bonds is 3. The SMILES string of the molecule is CC1CC(=O)N(CCC(C)(C)O)C1=O. The fourth-order valence-corrected chi connectivity index (χ4v) is 1.47. The van der Waals surface area contributed by atoms with Crippen molar-refractivity contribution >= 4 is 11.8 Å². The van der Waals surface area contributed by atoms with Gasteiger partial charge in [0.25, 0.3) is 0 Å². The van der Waals surface area contributed by atoms with Crippen molar-refractivity contribution < 1.29 is 14.7 Å². The van der Waals surface area contributed by atoms with Crippen LogP contribution in [0.5, 0.6) is 0 Å². The fraction of sp³-hybridized carbons (Fsp3) is 0.800. The standard InChI is InChI=1S/C10H17NO3/c1-7-6-8(12)11(9(7)13)5-4-10(2,3)14/h7,14H,4-6H2,1-3H3. The van der Waals surface area contributed by atoms with E-state index >= 15 is 0 Å². The molecule has 2 amide bonds. The molecule has 0 radical (unpaired) electrons. The summed E-state index contributed by atoms with van der Waals surface area (Å²) in [6, 6.07) is 0. The van der Waals surface area contributed by atoms with Crippen molar-refractivity contribution in [2.75, 3.05) is 6.54 Å². The van der Waals surface area contributed by atoms with Gasteiger partial charge in [-0.25, -0.2) is 0 Å². The molecular formula is C10H17NO3. The summed E-state index contributed by atoms with van der Waals surface area (Å²) < 4.78 is 0. The Kier molecular flexibility index (Phi) is 2.95. The summed E-state index contributed by atoms with van der Waals surface area (Å²) in [4.78, 5) is 24.0. The zero-order chi connectivity index (χ0) is 10.9. The Morgan fingerprint density at radius 2 is 2.07 bits per heavy atom. The van der Waals surface area contributed by atoms with E-state index in [9.17, 15) is 14.7 Å². The van der Waals surface area contributed by atoms with Gasteiger partial charge in [0.05, 0.1) is 5.60 Å². The molecule has 1 fully saturated rings. The van der Waals surface area contributed by atoms with E-state index in [1.807, 2.05) is 0 Å².